The highest BCUT2D eigenvalue weighted by Crippen LogP contribution is 2.39. The minimum Gasteiger partial charge on any atom is -0.432 e. The predicted octanol–water partition coefficient (Wildman–Crippen LogP) is 5.82. The second kappa shape index (κ2) is 13.2. The molecule has 1 amide bonds. The van der Waals surface area contributed by atoms with Crippen LogP contribution >= 0.6 is 11.6 Å². The van der Waals surface area contributed by atoms with Crippen LogP contribution in [0.5, 0.6) is 6.01 Å². The lowest BCUT2D eigenvalue weighted by molar-refractivity contribution is -0.112. The summed E-state index contributed by atoms with van der Waals surface area (Å²) in [5.41, 5.74) is 0.987. The highest BCUT2D eigenvalue weighted by atomic mass is 35.5. The van der Waals surface area contributed by atoms with Gasteiger partial charge in [0.2, 0.25) is 0 Å². The molecule has 1 saturated carbocycles. The zero-order chi connectivity index (χ0) is 36.3. The summed E-state index contributed by atoms with van der Waals surface area (Å²) in [5.74, 6) is 0.00730. The summed E-state index contributed by atoms with van der Waals surface area (Å²) in [6.45, 7) is 1.34. The first-order valence-corrected chi connectivity index (χ1v) is 19.0. The van der Waals surface area contributed by atoms with Crippen LogP contribution in [0.3, 0.4) is 0 Å². The van der Waals surface area contributed by atoms with Crippen molar-refractivity contribution in [3.8, 4) is 17.3 Å². The number of ether oxygens (including phenoxy) is 1. The molecule has 3 fully saturated rings. The smallest absolute Gasteiger partial charge is 0.324 e. The van der Waals surface area contributed by atoms with Gasteiger partial charge >= 0.3 is 6.01 Å². The molecule has 16 heteroatoms. The Morgan fingerprint density at radius 1 is 0.981 bits per heavy atom. The quantitative estimate of drug-likeness (QED) is 0.136. The zero-order valence-corrected chi connectivity index (χ0v) is 29.6. The van der Waals surface area contributed by atoms with Crippen LogP contribution in [0.2, 0.25) is 5.02 Å². The van der Waals surface area contributed by atoms with Gasteiger partial charge in [0.15, 0.2) is 11.6 Å². The molecule has 53 heavy (non-hydrogen) atoms. The molecule has 9 rings (SSSR count). The minimum absolute atomic E-state index is 0.00231. The van der Waals surface area contributed by atoms with Crippen LogP contribution in [0.15, 0.2) is 90.4 Å². The van der Waals surface area contributed by atoms with Crippen LogP contribution in [0, 0.1) is 5.82 Å². The topological polar surface area (TPSA) is 157 Å². The van der Waals surface area contributed by atoms with Gasteiger partial charge in [0.1, 0.15) is 29.6 Å². The number of benzene rings is 3. The molecule has 6 aromatic rings. The molecule has 0 radical (unpaired) electrons. The van der Waals surface area contributed by atoms with E-state index in [0.29, 0.717) is 51.8 Å². The number of hydrogen-bond donors (Lipinski definition) is 2. The second-order valence-corrected chi connectivity index (χ2v) is 15.6. The van der Waals surface area contributed by atoms with Crippen molar-refractivity contribution in [1.82, 2.24) is 34.4 Å². The minimum atomic E-state index is -3.94. The number of piperazine rings is 1. The SMILES string of the molecule is O=C(C=COc1nc(N2C[C@H]3CC[C@@H](C2)N3)c2cnc(-c3cccc4cccc(Cl)c34)c(F)c2n1)Nc1ccc(S(=O)(=O)n2cnc(C3CC3)n2)cc1. The maximum atomic E-state index is 16.6. The van der Waals surface area contributed by atoms with Gasteiger partial charge in [0, 0.05) is 65.0 Å². The molecule has 3 aromatic carbocycles. The van der Waals surface area contributed by atoms with Crippen LogP contribution in [0.1, 0.15) is 37.4 Å². The average molecular weight is 752 g/mol. The van der Waals surface area contributed by atoms with E-state index in [4.69, 9.17) is 16.3 Å². The molecule has 1 aliphatic carbocycles. The van der Waals surface area contributed by atoms with E-state index in [9.17, 15) is 13.2 Å². The van der Waals surface area contributed by atoms with E-state index in [1.165, 1.54) is 30.6 Å². The van der Waals surface area contributed by atoms with E-state index in [2.05, 4.69) is 40.6 Å². The zero-order valence-electron chi connectivity index (χ0n) is 28.0. The lowest BCUT2D eigenvalue weighted by atomic mass is 10.0. The van der Waals surface area contributed by atoms with Gasteiger partial charge in [-0.3, -0.25) is 9.78 Å². The molecular formula is C37H31ClFN9O4S. The fraction of sp³-hybridized carbons (Fsp3) is 0.243. The number of halogens is 2. The Bertz CT molecular complexity index is 2540. The highest BCUT2D eigenvalue weighted by molar-refractivity contribution is 7.89. The maximum Gasteiger partial charge on any atom is 0.324 e. The van der Waals surface area contributed by atoms with Crippen molar-refractivity contribution in [1.29, 1.82) is 0 Å². The molecule has 2 N–H and O–H groups in total. The molecule has 13 nitrogen and oxygen atoms in total. The molecule has 2 aliphatic heterocycles. The Morgan fingerprint density at radius 2 is 1.74 bits per heavy atom. The third-order valence-corrected chi connectivity index (χ3v) is 11.6. The largest absolute Gasteiger partial charge is 0.432 e. The molecule has 5 heterocycles. The fourth-order valence-corrected chi connectivity index (χ4v) is 8.37. The number of nitrogens with zero attached hydrogens (tertiary/aromatic N) is 7. The number of aromatic nitrogens is 6. The number of rotatable bonds is 9. The van der Waals surface area contributed by atoms with Crippen molar-refractivity contribution < 1.29 is 22.3 Å². The van der Waals surface area contributed by atoms with Gasteiger partial charge in [0.25, 0.3) is 15.9 Å². The summed E-state index contributed by atoms with van der Waals surface area (Å²) in [5, 5.41) is 12.8. The van der Waals surface area contributed by atoms with E-state index in [1.54, 1.807) is 18.3 Å². The van der Waals surface area contributed by atoms with Gasteiger partial charge in [0.05, 0.1) is 10.3 Å². The van der Waals surface area contributed by atoms with Crippen LogP contribution in [-0.4, -0.2) is 68.6 Å². The van der Waals surface area contributed by atoms with Crippen LogP contribution < -0.4 is 20.3 Å². The molecule has 268 valence electrons. The van der Waals surface area contributed by atoms with Crippen molar-refractivity contribution in [3.63, 3.8) is 0 Å². The molecule has 0 spiro atoms. The lowest BCUT2D eigenvalue weighted by Crippen LogP contribution is -2.51. The number of carbonyl (C=O) groups is 1. The predicted molar refractivity (Wildman–Crippen MR) is 197 cm³/mol. The van der Waals surface area contributed by atoms with E-state index < -0.39 is 21.7 Å². The molecule has 3 aliphatic rings. The number of pyridine rings is 1. The second-order valence-electron chi connectivity index (χ2n) is 13.4. The number of carbonyl (C=O) groups excluding carboxylic acids is 1. The molecular weight excluding hydrogens is 721 g/mol. The monoisotopic (exact) mass is 751 g/mol. The van der Waals surface area contributed by atoms with Gasteiger partial charge in [-0.05, 0) is 61.4 Å². The number of hydrogen-bond acceptors (Lipinski definition) is 11. The van der Waals surface area contributed by atoms with Crippen molar-refractivity contribution in [2.45, 2.75) is 48.6 Å². The summed E-state index contributed by atoms with van der Waals surface area (Å²) in [7, 11) is -3.94. The van der Waals surface area contributed by atoms with E-state index >= 15 is 4.39 Å². The summed E-state index contributed by atoms with van der Waals surface area (Å²) >= 11 is 6.58. The van der Waals surface area contributed by atoms with Gasteiger partial charge in [-0.25, -0.2) is 9.37 Å². The summed E-state index contributed by atoms with van der Waals surface area (Å²) < 4.78 is 49.3. The van der Waals surface area contributed by atoms with Crippen molar-refractivity contribution in [2.75, 3.05) is 23.3 Å². The van der Waals surface area contributed by atoms with Crippen LogP contribution in [-0.2, 0) is 14.8 Å². The standard InChI is InChI=1S/C37H31ClFN9O4S/c38-29-6-2-4-21-3-1-5-27(31(21)29)33-32(39)34-28(17-40-33)36(47-18-24-9-10-25(19-47)42-24)45-37(44-34)52-16-15-30(49)43-23-11-13-26(14-12-23)53(50,51)48-20-41-35(46-48)22-7-8-22/h1-6,11-17,20,22,24-25,42H,7-10,18-19H2,(H,43,49)/t24-,25+. The average Bonchev–Trinajstić information content (AvgIpc) is 3.78. The normalized spacial score (nSPS) is 18.6. The Morgan fingerprint density at radius 3 is 2.49 bits per heavy atom. The third-order valence-electron chi connectivity index (χ3n) is 9.76. The first-order chi connectivity index (χ1) is 25.7. The van der Waals surface area contributed by atoms with Gasteiger partial charge in [-0.2, -0.15) is 18.4 Å². The van der Waals surface area contributed by atoms with Gasteiger partial charge < -0.3 is 20.3 Å². The third kappa shape index (κ3) is 6.34. The Balaban J connectivity index is 0.977. The number of anilines is 2. The van der Waals surface area contributed by atoms with Gasteiger partial charge in [-0.1, -0.05) is 41.9 Å². The summed E-state index contributed by atoms with van der Waals surface area (Å²) in [6.07, 6.45) is 9.00. The van der Waals surface area contributed by atoms with Crippen molar-refractivity contribution in [2.24, 2.45) is 0 Å². The molecule has 3 aromatic heterocycles. The van der Waals surface area contributed by atoms with E-state index in [1.807, 2.05) is 24.3 Å². The summed E-state index contributed by atoms with van der Waals surface area (Å²) in [4.78, 5) is 32.7. The first-order valence-electron chi connectivity index (χ1n) is 17.2. The van der Waals surface area contributed by atoms with Crippen molar-refractivity contribution >= 4 is 60.7 Å². The summed E-state index contributed by atoms with van der Waals surface area (Å²) in [6, 6.07) is 17.1. The first kappa shape index (κ1) is 33.3. The van der Waals surface area contributed by atoms with E-state index in [0.717, 1.165) is 47.5 Å². The molecule has 0 unspecified atom stereocenters. The Labute approximate surface area is 307 Å². The highest BCUT2D eigenvalue weighted by Gasteiger charge is 2.34. The molecule has 2 bridgehead atoms. The van der Waals surface area contributed by atoms with Crippen molar-refractivity contribution in [3.05, 3.63) is 102 Å². The van der Waals surface area contributed by atoms with Crippen LogP contribution in [0.25, 0.3) is 32.9 Å². The Kier molecular flexibility index (Phi) is 8.28. The number of amides is 1. The Hall–Kier alpha value is -5.51. The van der Waals surface area contributed by atoms with E-state index in [-0.39, 0.29) is 40.1 Å². The number of fused-ring (bicyclic) bond motifs is 4. The van der Waals surface area contributed by atoms with Crippen LogP contribution in [0.4, 0.5) is 15.9 Å². The molecule has 2 atom stereocenters. The lowest BCUT2D eigenvalue weighted by Gasteiger charge is -2.34. The molecule has 2 saturated heterocycles. The fourth-order valence-electron chi connectivity index (χ4n) is 7.03. The maximum absolute atomic E-state index is 16.6. The van der Waals surface area contributed by atoms with Gasteiger partial charge in [-0.15, -0.1) is 9.19 Å². The number of nitrogens with one attached hydrogen (secondary N) is 2.